The molecule has 0 radical (unpaired) electrons. The summed E-state index contributed by atoms with van der Waals surface area (Å²) < 4.78 is 0. The van der Waals surface area contributed by atoms with E-state index >= 15 is 0 Å². The van der Waals surface area contributed by atoms with Gasteiger partial charge in [-0.1, -0.05) is 31.2 Å². The van der Waals surface area contributed by atoms with Gasteiger partial charge in [-0.05, 0) is 36.3 Å². The Hall–Kier alpha value is -1.31. The zero-order valence-corrected chi connectivity index (χ0v) is 10.4. The molecule has 1 aromatic carbocycles. The highest BCUT2D eigenvalue weighted by molar-refractivity contribution is 5.85. The lowest BCUT2D eigenvalue weighted by Crippen LogP contribution is -2.33. The maximum Gasteiger partial charge on any atom is 0.0995 e. The number of hydrogen-bond donors (Lipinski definition) is 1. The van der Waals surface area contributed by atoms with Gasteiger partial charge >= 0.3 is 0 Å². The number of rotatable bonds is 2. The molecule has 1 aliphatic carbocycles. The minimum atomic E-state index is 0.589. The normalized spacial score (nSPS) is 24.8. The van der Waals surface area contributed by atoms with Gasteiger partial charge in [0, 0.05) is 12.5 Å². The molecule has 0 spiro atoms. The lowest BCUT2D eigenvalue weighted by molar-refractivity contribution is 0.386. The van der Waals surface area contributed by atoms with Gasteiger partial charge in [-0.25, -0.2) is 0 Å². The SMILES string of the molecule is CC(C1=NCCN1)C1CCc2ccccc2C1. The first kappa shape index (κ1) is 10.8. The Morgan fingerprint density at radius 1 is 1.29 bits per heavy atom. The summed E-state index contributed by atoms with van der Waals surface area (Å²) in [5.74, 6) is 2.59. The molecule has 2 unspecified atom stereocenters. The van der Waals surface area contributed by atoms with Gasteiger partial charge in [-0.2, -0.15) is 0 Å². The van der Waals surface area contributed by atoms with Crippen LogP contribution in [0.25, 0.3) is 0 Å². The number of benzene rings is 1. The van der Waals surface area contributed by atoms with Crippen LogP contribution in [0.1, 0.15) is 24.5 Å². The Morgan fingerprint density at radius 3 is 2.88 bits per heavy atom. The van der Waals surface area contributed by atoms with Crippen molar-refractivity contribution in [2.24, 2.45) is 16.8 Å². The smallest absolute Gasteiger partial charge is 0.0995 e. The molecule has 90 valence electrons. The van der Waals surface area contributed by atoms with Crippen molar-refractivity contribution in [3.63, 3.8) is 0 Å². The lowest BCUT2D eigenvalue weighted by atomic mass is 9.77. The zero-order chi connectivity index (χ0) is 11.7. The first-order valence-electron chi connectivity index (χ1n) is 6.69. The molecule has 0 amide bonds. The number of aliphatic imine (C=N–C) groups is 1. The van der Waals surface area contributed by atoms with Gasteiger partial charge < -0.3 is 5.32 Å². The minimum absolute atomic E-state index is 0.589. The maximum atomic E-state index is 4.57. The van der Waals surface area contributed by atoms with Crippen molar-refractivity contribution in [1.29, 1.82) is 0 Å². The molecule has 1 aromatic rings. The van der Waals surface area contributed by atoms with Gasteiger partial charge in [0.15, 0.2) is 0 Å². The predicted molar refractivity (Wildman–Crippen MR) is 71.4 cm³/mol. The summed E-state index contributed by atoms with van der Waals surface area (Å²) in [4.78, 5) is 4.57. The molecule has 2 nitrogen and oxygen atoms in total. The highest BCUT2D eigenvalue weighted by atomic mass is 15.1. The molecule has 1 heterocycles. The molecule has 0 bridgehead atoms. The summed E-state index contributed by atoms with van der Waals surface area (Å²) in [5.41, 5.74) is 3.10. The van der Waals surface area contributed by atoms with E-state index < -0.39 is 0 Å². The van der Waals surface area contributed by atoms with E-state index in [2.05, 4.69) is 41.5 Å². The fraction of sp³-hybridized carbons (Fsp3) is 0.533. The molecule has 0 fully saturated rings. The molecule has 3 rings (SSSR count). The first-order chi connectivity index (χ1) is 8.34. The fourth-order valence-electron chi connectivity index (χ4n) is 3.10. The third-order valence-corrected chi connectivity index (χ3v) is 4.22. The van der Waals surface area contributed by atoms with Gasteiger partial charge in [0.05, 0.1) is 12.4 Å². The van der Waals surface area contributed by atoms with E-state index in [0.29, 0.717) is 5.92 Å². The van der Waals surface area contributed by atoms with Gasteiger partial charge in [0.25, 0.3) is 0 Å². The van der Waals surface area contributed by atoms with E-state index in [1.165, 1.54) is 25.1 Å². The highest BCUT2D eigenvalue weighted by Gasteiger charge is 2.27. The Bertz CT molecular complexity index is 436. The fourth-order valence-corrected chi connectivity index (χ4v) is 3.10. The lowest BCUT2D eigenvalue weighted by Gasteiger charge is -2.29. The van der Waals surface area contributed by atoms with Gasteiger partial charge in [-0.3, -0.25) is 4.99 Å². The summed E-state index contributed by atoms with van der Waals surface area (Å²) in [6.07, 6.45) is 3.76. The second-order valence-corrected chi connectivity index (χ2v) is 5.25. The molecule has 2 aliphatic rings. The number of nitrogens with zero attached hydrogens (tertiary/aromatic N) is 1. The molecule has 1 N–H and O–H groups in total. The Morgan fingerprint density at radius 2 is 2.12 bits per heavy atom. The minimum Gasteiger partial charge on any atom is -0.372 e. The number of nitrogens with one attached hydrogen (secondary N) is 1. The van der Waals surface area contributed by atoms with Crippen LogP contribution in [0, 0.1) is 11.8 Å². The molecule has 0 aromatic heterocycles. The van der Waals surface area contributed by atoms with Crippen LogP contribution in [0.15, 0.2) is 29.3 Å². The molecule has 2 heteroatoms. The zero-order valence-electron chi connectivity index (χ0n) is 10.4. The van der Waals surface area contributed by atoms with E-state index in [0.717, 1.165) is 19.0 Å². The van der Waals surface area contributed by atoms with Crippen LogP contribution in [0.2, 0.25) is 0 Å². The molecule has 1 aliphatic heterocycles. The predicted octanol–water partition coefficient (Wildman–Crippen LogP) is 2.43. The summed E-state index contributed by atoms with van der Waals surface area (Å²) in [5, 5.41) is 3.43. The highest BCUT2D eigenvalue weighted by Crippen LogP contribution is 2.30. The van der Waals surface area contributed by atoms with Gasteiger partial charge in [0.2, 0.25) is 0 Å². The van der Waals surface area contributed by atoms with E-state index in [-0.39, 0.29) is 0 Å². The van der Waals surface area contributed by atoms with Crippen LogP contribution in [0.3, 0.4) is 0 Å². The van der Waals surface area contributed by atoms with Crippen molar-refractivity contribution in [3.8, 4) is 0 Å². The van der Waals surface area contributed by atoms with Crippen molar-refractivity contribution in [1.82, 2.24) is 5.32 Å². The van der Waals surface area contributed by atoms with Crippen molar-refractivity contribution < 1.29 is 0 Å². The second-order valence-electron chi connectivity index (χ2n) is 5.25. The summed E-state index contributed by atoms with van der Waals surface area (Å²) in [6, 6.07) is 8.89. The monoisotopic (exact) mass is 228 g/mol. The van der Waals surface area contributed by atoms with Gasteiger partial charge in [-0.15, -0.1) is 0 Å². The molecule has 0 saturated heterocycles. The van der Waals surface area contributed by atoms with E-state index in [9.17, 15) is 0 Å². The van der Waals surface area contributed by atoms with Gasteiger partial charge in [0.1, 0.15) is 0 Å². The van der Waals surface area contributed by atoms with Crippen LogP contribution in [-0.2, 0) is 12.8 Å². The van der Waals surface area contributed by atoms with Crippen LogP contribution in [0.4, 0.5) is 0 Å². The van der Waals surface area contributed by atoms with E-state index in [1.54, 1.807) is 11.1 Å². The molecule has 17 heavy (non-hydrogen) atoms. The first-order valence-corrected chi connectivity index (χ1v) is 6.69. The Labute approximate surface area is 103 Å². The molecular formula is C15H20N2. The summed E-state index contributed by atoms with van der Waals surface area (Å²) >= 11 is 0. The summed E-state index contributed by atoms with van der Waals surface area (Å²) in [7, 11) is 0. The van der Waals surface area contributed by atoms with Crippen molar-refractivity contribution in [2.45, 2.75) is 26.2 Å². The van der Waals surface area contributed by atoms with Crippen LogP contribution < -0.4 is 5.32 Å². The number of amidine groups is 1. The third-order valence-electron chi connectivity index (χ3n) is 4.22. The largest absolute Gasteiger partial charge is 0.372 e. The number of aryl methyl sites for hydroxylation is 1. The molecular weight excluding hydrogens is 208 g/mol. The molecule has 2 atom stereocenters. The average molecular weight is 228 g/mol. The Balaban J connectivity index is 1.75. The van der Waals surface area contributed by atoms with E-state index in [1.807, 2.05) is 0 Å². The van der Waals surface area contributed by atoms with Crippen molar-refractivity contribution in [3.05, 3.63) is 35.4 Å². The number of hydrogen-bond acceptors (Lipinski definition) is 2. The van der Waals surface area contributed by atoms with Crippen LogP contribution in [-0.4, -0.2) is 18.9 Å². The van der Waals surface area contributed by atoms with Crippen LogP contribution in [0.5, 0.6) is 0 Å². The Kier molecular flexibility index (Phi) is 2.87. The summed E-state index contributed by atoms with van der Waals surface area (Å²) in [6.45, 7) is 4.32. The quantitative estimate of drug-likeness (QED) is 0.826. The van der Waals surface area contributed by atoms with E-state index in [4.69, 9.17) is 0 Å². The number of fused-ring (bicyclic) bond motifs is 1. The maximum absolute atomic E-state index is 4.57. The second kappa shape index (κ2) is 4.52. The standard InChI is InChI=1S/C15H20N2/c1-11(15-16-8-9-17-15)13-7-6-12-4-2-3-5-14(12)10-13/h2-5,11,13H,6-10H2,1H3,(H,16,17). The molecule has 0 saturated carbocycles. The van der Waals surface area contributed by atoms with Crippen LogP contribution >= 0.6 is 0 Å². The van der Waals surface area contributed by atoms with Crippen molar-refractivity contribution in [2.75, 3.05) is 13.1 Å². The topological polar surface area (TPSA) is 24.4 Å². The third kappa shape index (κ3) is 2.08. The average Bonchev–Trinajstić information content (AvgIpc) is 2.91. The van der Waals surface area contributed by atoms with Crippen molar-refractivity contribution >= 4 is 5.84 Å².